The lowest BCUT2D eigenvalue weighted by molar-refractivity contribution is 0.231. The highest BCUT2D eigenvalue weighted by Crippen LogP contribution is 2.21. The van der Waals surface area contributed by atoms with Gasteiger partial charge in [-0.15, -0.1) is 0 Å². The molecule has 20 heavy (non-hydrogen) atoms. The summed E-state index contributed by atoms with van der Waals surface area (Å²) in [6, 6.07) is 7.80. The van der Waals surface area contributed by atoms with Crippen LogP contribution in [0.4, 0.5) is 0 Å². The molecule has 1 rings (SSSR count). The van der Waals surface area contributed by atoms with Gasteiger partial charge in [0.25, 0.3) is 0 Å². The van der Waals surface area contributed by atoms with Gasteiger partial charge < -0.3 is 9.64 Å². The van der Waals surface area contributed by atoms with E-state index in [4.69, 9.17) is 10.00 Å². The average molecular weight is 275 g/mol. The van der Waals surface area contributed by atoms with Crippen molar-refractivity contribution in [3.63, 3.8) is 0 Å². The van der Waals surface area contributed by atoms with Crippen LogP contribution in [0.1, 0.15) is 24.5 Å². The van der Waals surface area contributed by atoms with E-state index in [-0.39, 0.29) is 0 Å². The molecule has 0 aliphatic carbocycles. The van der Waals surface area contributed by atoms with Crippen LogP contribution in [0.3, 0.4) is 0 Å². The molecule has 0 aliphatic rings. The number of hydrogen-bond acceptors (Lipinski definition) is 4. The fourth-order valence-corrected chi connectivity index (χ4v) is 2.14. The van der Waals surface area contributed by atoms with Crippen LogP contribution in [-0.2, 0) is 6.54 Å². The summed E-state index contributed by atoms with van der Waals surface area (Å²) in [5, 5.41) is 9.03. The van der Waals surface area contributed by atoms with E-state index in [9.17, 15) is 0 Å². The van der Waals surface area contributed by atoms with E-state index < -0.39 is 0 Å². The molecule has 0 unspecified atom stereocenters. The van der Waals surface area contributed by atoms with E-state index in [1.54, 1.807) is 13.2 Å². The highest BCUT2D eigenvalue weighted by atomic mass is 16.5. The topological polar surface area (TPSA) is 39.5 Å². The third-order valence-corrected chi connectivity index (χ3v) is 3.21. The summed E-state index contributed by atoms with van der Waals surface area (Å²) in [5.41, 5.74) is 1.77. The van der Waals surface area contributed by atoms with Gasteiger partial charge in [-0.2, -0.15) is 5.26 Å². The highest BCUT2D eigenvalue weighted by Gasteiger charge is 2.10. The second kappa shape index (κ2) is 8.57. The lowest BCUT2D eigenvalue weighted by atomic mass is 10.1. The van der Waals surface area contributed by atoms with E-state index in [0.717, 1.165) is 43.9 Å². The summed E-state index contributed by atoms with van der Waals surface area (Å²) in [6.45, 7) is 6.10. The van der Waals surface area contributed by atoms with Gasteiger partial charge in [0.05, 0.1) is 18.7 Å². The van der Waals surface area contributed by atoms with Crippen molar-refractivity contribution in [2.75, 3.05) is 40.8 Å². The van der Waals surface area contributed by atoms with Crippen LogP contribution < -0.4 is 4.74 Å². The van der Waals surface area contributed by atoms with E-state index >= 15 is 0 Å². The lowest BCUT2D eigenvalue weighted by Gasteiger charge is -2.24. The van der Waals surface area contributed by atoms with Gasteiger partial charge >= 0.3 is 0 Å². The molecule has 0 bridgehead atoms. The number of nitriles is 1. The molecule has 0 aromatic heterocycles. The Morgan fingerprint density at radius 1 is 1.20 bits per heavy atom. The predicted molar refractivity (Wildman–Crippen MR) is 81.8 cm³/mol. The summed E-state index contributed by atoms with van der Waals surface area (Å²) in [5.74, 6) is 0.856. The van der Waals surface area contributed by atoms with Gasteiger partial charge in [-0.3, -0.25) is 4.90 Å². The molecule has 0 spiro atoms. The van der Waals surface area contributed by atoms with Crippen LogP contribution in [0.2, 0.25) is 0 Å². The minimum absolute atomic E-state index is 0.685. The van der Waals surface area contributed by atoms with Crippen LogP contribution >= 0.6 is 0 Å². The first-order valence-electron chi connectivity index (χ1n) is 7.04. The molecule has 4 nitrogen and oxygen atoms in total. The zero-order valence-corrected chi connectivity index (χ0v) is 13.0. The zero-order valence-electron chi connectivity index (χ0n) is 13.0. The maximum absolute atomic E-state index is 9.03. The van der Waals surface area contributed by atoms with Crippen LogP contribution in [0.5, 0.6) is 5.75 Å². The molecule has 0 aliphatic heterocycles. The molecule has 1 aromatic rings. The van der Waals surface area contributed by atoms with E-state index in [2.05, 4.69) is 36.9 Å². The minimum Gasteiger partial charge on any atom is -0.496 e. The Hall–Kier alpha value is -1.57. The van der Waals surface area contributed by atoms with Gasteiger partial charge in [0, 0.05) is 25.2 Å². The summed E-state index contributed by atoms with van der Waals surface area (Å²) in [6.07, 6.45) is 1.12. The maximum Gasteiger partial charge on any atom is 0.123 e. The molecule has 0 atom stereocenters. The van der Waals surface area contributed by atoms with E-state index in [1.165, 1.54) is 0 Å². The highest BCUT2D eigenvalue weighted by molar-refractivity contribution is 5.42. The first-order chi connectivity index (χ1) is 9.60. The van der Waals surface area contributed by atoms with Crippen molar-refractivity contribution in [2.24, 2.45) is 0 Å². The Kier molecular flexibility index (Phi) is 7.06. The fourth-order valence-electron chi connectivity index (χ4n) is 2.14. The summed E-state index contributed by atoms with van der Waals surface area (Å²) >= 11 is 0. The first-order valence-corrected chi connectivity index (χ1v) is 7.04. The van der Waals surface area contributed by atoms with Crippen LogP contribution in [-0.4, -0.2) is 50.6 Å². The Balaban J connectivity index is 2.83. The third kappa shape index (κ3) is 5.20. The molecule has 0 N–H and O–H groups in total. The van der Waals surface area contributed by atoms with E-state index in [0.29, 0.717) is 5.56 Å². The Bertz CT molecular complexity index is 452. The molecule has 0 saturated heterocycles. The molecule has 0 saturated carbocycles. The van der Waals surface area contributed by atoms with Gasteiger partial charge in [0.1, 0.15) is 5.75 Å². The smallest absolute Gasteiger partial charge is 0.123 e. The fraction of sp³-hybridized carbons (Fsp3) is 0.562. The van der Waals surface area contributed by atoms with Gasteiger partial charge in [0.15, 0.2) is 0 Å². The molecule has 0 radical (unpaired) electrons. The van der Waals surface area contributed by atoms with Crippen molar-refractivity contribution < 1.29 is 4.74 Å². The molecule has 4 heteroatoms. The van der Waals surface area contributed by atoms with Gasteiger partial charge in [-0.1, -0.05) is 6.92 Å². The Morgan fingerprint density at radius 3 is 2.50 bits per heavy atom. The molecule has 0 amide bonds. The van der Waals surface area contributed by atoms with Crippen LogP contribution in [0, 0.1) is 11.3 Å². The number of hydrogen-bond donors (Lipinski definition) is 0. The zero-order chi connectivity index (χ0) is 15.0. The Labute approximate surface area is 122 Å². The van der Waals surface area contributed by atoms with Gasteiger partial charge in [0.2, 0.25) is 0 Å². The summed E-state index contributed by atoms with van der Waals surface area (Å²) in [4.78, 5) is 4.59. The number of benzene rings is 1. The van der Waals surface area contributed by atoms with Crippen molar-refractivity contribution in [1.29, 1.82) is 5.26 Å². The minimum atomic E-state index is 0.685. The standard InChI is InChI=1S/C16H25N3O/c1-5-8-19(10-9-18(2)3)13-15-11-14(12-17)6-7-16(15)20-4/h6-7,11H,5,8-10,13H2,1-4H3. The van der Waals surface area contributed by atoms with Crippen molar-refractivity contribution in [3.05, 3.63) is 29.3 Å². The normalized spacial score (nSPS) is 10.8. The van der Waals surface area contributed by atoms with Crippen molar-refractivity contribution in [3.8, 4) is 11.8 Å². The average Bonchev–Trinajstić information content (AvgIpc) is 2.44. The number of nitrogens with zero attached hydrogens (tertiary/aromatic N) is 3. The van der Waals surface area contributed by atoms with Gasteiger partial charge in [-0.05, 0) is 45.3 Å². The largest absolute Gasteiger partial charge is 0.496 e. The maximum atomic E-state index is 9.03. The predicted octanol–water partition coefficient (Wildman–Crippen LogP) is 2.34. The quantitative estimate of drug-likeness (QED) is 0.730. The molecule has 110 valence electrons. The number of likely N-dealkylation sites (N-methyl/N-ethyl adjacent to an activating group) is 1. The first kappa shape index (κ1) is 16.5. The molecule has 0 fully saturated rings. The van der Waals surface area contributed by atoms with Crippen LogP contribution in [0.25, 0.3) is 0 Å². The summed E-state index contributed by atoms with van der Waals surface area (Å²) < 4.78 is 5.40. The molecule has 1 aromatic carbocycles. The molecular weight excluding hydrogens is 250 g/mol. The van der Waals surface area contributed by atoms with Gasteiger partial charge in [-0.25, -0.2) is 0 Å². The van der Waals surface area contributed by atoms with Crippen LogP contribution in [0.15, 0.2) is 18.2 Å². The Morgan fingerprint density at radius 2 is 1.95 bits per heavy atom. The summed E-state index contributed by atoms with van der Waals surface area (Å²) in [7, 11) is 5.84. The molecular formula is C16H25N3O. The molecule has 0 heterocycles. The second-order valence-electron chi connectivity index (χ2n) is 5.22. The second-order valence-corrected chi connectivity index (χ2v) is 5.22. The number of ether oxygens (including phenoxy) is 1. The van der Waals surface area contributed by atoms with Crippen molar-refractivity contribution in [2.45, 2.75) is 19.9 Å². The monoisotopic (exact) mass is 275 g/mol. The van der Waals surface area contributed by atoms with E-state index in [1.807, 2.05) is 12.1 Å². The third-order valence-electron chi connectivity index (χ3n) is 3.21. The number of rotatable bonds is 8. The van der Waals surface area contributed by atoms with Crippen molar-refractivity contribution >= 4 is 0 Å². The number of methoxy groups -OCH3 is 1. The SMILES string of the molecule is CCCN(CCN(C)C)Cc1cc(C#N)ccc1OC. The van der Waals surface area contributed by atoms with Crippen molar-refractivity contribution in [1.82, 2.24) is 9.80 Å². The lowest BCUT2D eigenvalue weighted by Crippen LogP contribution is -2.32.